The van der Waals surface area contributed by atoms with E-state index in [0.717, 1.165) is 11.1 Å². The zero-order valence-electron chi connectivity index (χ0n) is 24.3. The Balaban J connectivity index is 0.00000123. The normalized spacial score (nSPS) is 12.1. The quantitative estimate of drug-likeness (QED) is 0.101. The van der Waals surface area contributed by atoms with Crippen LogP contribution in [0.2, 0.25) is 5.02 Å². The van der Waals surface area contributed by atoms with Crippen LogP contribution in [0.15, 0.2) is 176 Å². The molecule has 6 aromatic carbocycles. The number of nitrogens with one attached hydrogen (secondary N) is 2. The van der Waals surface area contributed by atoms with Crippen LogP contribution in [0.4, 0.5) is 0 Å². The van der Waals surface area contributed by atoms with Crippen molar-refractivity contribution >= 4 is 17.7 Å². The van der Waals surface area contributed by atoms with Gasteiger partial charge >= 0.3 is 0 Å². The Bertz CT molecular complexity index is 1720. The molecular formula is C40H33ClN3+. The lowest BCUT2D eigenvalue weighted by Crippen LogP contribution is -2.52. The molecule has 214 valence electrons. The van der Waals surface area contributed by atoms with Crippen LogP contribution in [0.3, 0.4) is 0 Å². The number of nitrogens with zero attached hydrogens (tertiary/aromatic N) is 1. The molecule has 6 aromatic rings. The first-order valence-corrected chi connectivity index (χ1v) is 14.7. The number of hydrogen-bond donors (Lipinski definition) is 2. The fraction of sp³-hybridized carbons (Fsp3) is 0.0500. The summed E-state index contributed by atoms with van der Waals surface area (Å²) in [7, 11) is 0. The van der Waals surface area contributed by atoms with E-state index in [9.17, 15) is 0 Å². The Morgan fingerprint density at radius 2 is 0.682 bits per heavy atom. The molecular weight excluding hydrogens is 558 g/mol. The molecule has 0 aromatic heterocycles. The van der Waals surface area contributed by atoms with Crippen molar-refractivity contribution in [1.29, 1.82) is 11.1 Å². The van der Waals surface area contributed by atoms with Gasteiger partial charge in [-0.3, -0.25) is 0 Å². The van der Waals surface area contributed by atoms with Crippen LogP contribution in [-0.2, 0) is 10.8 Å². The van der Waals surface area contributed by atoms with Gasteiger partial charge in [0.1, 0.15) is 11.1 Å². The Labute approximate surface area is 264 Å². The SMILES string of the molecule is C=Cc1ccc(C(c2ccccc2)(c2ccc(Cl)cc2)C(c2ccccc2)(c2ccccc2)c2ccccc2)cc1.N=[N+]=N. The minimum atomic E-state index is -0.706. The third kappa shape index (κ3) is 5.31. The Morgan fingerprint density at radius 1 is 0.432 bits per heavy atom. The topological polar surface area (TPSA) is 61.8 Å². The summed E-state index contributed by atoms with van der Waals surface area (Å²) in [5, 5.41) is 0.711. The molecule has 0 saturated carbocycles. The minimum absolute atomic E-state index is 0.679. The van der Waals surface area contributed by atoms with Gasteiger partial charge in [0, 0.05) is 5.02 Å². The maximum absolute atomic E-state index is 6.55. The zero-order valence-corrected chi connectivity index (χ0v) is 25.0. The molecule has 44 heavy (non-hydrogen) atoms. The minimum Gasteiger partial charge on any atom is -0.0985 e. The van der Waals surface area contributed by atoms with Crippen molar-refractivity contribution in [2.24, 2.45) is 0 Å². The first-order valence-electron chi connectivity index (χ1n) is 14.4. The summed E-state index contributed by atoms with van der Waals surface area (Å²) >= 11 is 6.55. The molecule has 0 saturated heterocycles. The van der Waals surface area contributed by atoms with E-state index in [0.29, 0.717) is 5.02 Å². The summed E-state index contributed by atoms with van der Waals surface area (Å²) in [5.74, 6) is 0. The van der Waals surface area contributed by atoms with Gasteiger partial charge in [-0.15, -0.1) is 0 Å². The van der Waals surface area contributed by atoms with Crippen LogP contribution in [-0.4, -0.2) is 0 Å². The van der Waals surface area contributed by atoms with Crippen molar-refractivity contribution in [3.8, 4) is 0 Å². The maximum atomic E-state index is 6.55. The van der Waals surface area contributed by atoms with E-state index in [1.165, 1.54) is 27.8 Å². The molecule has 4 heteroatoms. The summed E-state index contributed by atoms with van der Waals surface area (Å²) in [6.45, 7) is 4.03. The van der Waals surface area contributed by atoms with Gasteiger partial charge < -0.3 is 0 Å². The van der Waals surface area contributed by atoms with Crippen LogP contribution in [0.25, 0.3) is 6.08 Å². The van der Waals surface area contributed by atoms with Crippen LogP contribution in [0.1, 0.15) is 38.9 Å². The average Bonchev–Trinajstić information content (AvgIpc) is 3.10. The Kier molecular flexibility index (Phi) is 9.42. The molecule has 0 amide bonds. The smallest absolute Gasteiger partial charge is 0.0985 e. The number of hydrogen-bond acceptors (Lipinski definition) is 2. The fourth-order valence-corrected chi connectivity index (χ4v) is 6.75. The summed E-state index contributed by atoms with van der Waals surface area (Å²) in [6, 6.07) is 61.0. The maximum Gasteiger partial charge on any atom is 0.211 e. The van der Waals surface area contributed by atoms with Crippen LogP contribution >= 0.6 is 11.6 Å². The van der Waals surface area contributed by atoms with Gasteiger partial charge in [0.05, 0.1) is 10.8 Å². The molecule has 0 aliphatic heterocycles. The molecule has 2 N–H and O–H groups in total. The zero-order chi connectivity index (χ0) is 30.8. The summed E-state index contributed by atoms with van der Waals surface area (Å²) in [5.41, 5.74) is 17.8. The van der Waals surface area contributed by atoms with E-state index in [2.05, 4.69) is 164 Å². The molecule has 1 atom stereocenters. The molecule has 1 unspecified atom stereocenters. The molecule has 0 spiro atoms. The Morgan fingerprint density at radius 3 is 0.955 bits per heavy atom. The summed E-state index contributed by atoms with van der Waals surface area (Å²) in [4.78, 5) is 2.00. The highest BCUT2D eigenvalue weighted by Crippen LogP contribution is 2.60. The molecule has 6 rings (SSSR count). The highest BCUT2D eigenvalue weighted by molar-refractivity contribution is 6.30. The lowest BCUT2D eigenvalue weighted by Gasteiger charge is -2.53. The fourth-order valence-electron chi connectivity index (χ4n) is 6.62. The second-order valence-corrected chi connectivity index (χ2v) is 10.8. The van der Waals surface area contributed by atoms with Gasteiger partial charge in [-0.1, -0.05) is 182 Å². The van der Waals surface area contributed by atoms with E-state index < -0.39 is 10.8 Å². The van der Waals surface area contributed by atoms with Crippen molar-refractivity contribution < 1.29 is 0 Å². The lowest BCUT2D eigenvalue weighted by atomic mass is 9.47. The first kappa shape index (κ1) is 30.1. The largest absolute Gasteiger partial charge is 0.211 e. The van der Waals surface area contributed by atoms with E-state index in [1.54, 1.807) is 0 Å². The molecule has 0 aliphatic carbocycles. The van der Waals surface area contributed by atoms with Crippen LogP contribution in [0.5, 0.6) is 0 Å². The first-order chi connectivity index (χ1) is 21.6. The second-order valence-electron chi connectivity index (χ2n) is 10.4. The molecule has 0 heterocycles. The van der Waals surface area contributed by atoms with E-state index in [-0.39, 0.29) is 0 Å². The van der Waals surface area contributed by atoms with Crippen molar-refractivity contribution in [2.75, 3.05) is 0 Å². The molecule has 0 radical (unpaired) electrons. The predicted molar refractivity (Wildman–Crippen MR) is 181 cm³/mol. The third-order valence-electron chi connectivity index (χ3n) is 8.25. The highest BCUT2D eigenvalue weighted by atomic mass is 35.5. The third-order valence-corrected chi connectivity index (χ3v) is 8.50. The second kappa shape index (κ2) is 13.8. The van der Waals surface area contributed by atoms with E-state index >= 15 is 0 Å². The van der Waals surface area contributed by atoms with Gasteiger partial charge in [-0.2, -0.15) is 0 Å². The molecule has 0 aliphatic rings. The Hall–Kier alpha value is -5.34. The standard InChI is InChI=1S/C40H31Cl.H2N3/c1-2-31-23-25-36(26-24-31)40(35-21-13-6-14-22-35,37-27-29-38(41)30-28-37)39(32-15-7-3-8-16-32,33-17-9-4-10-18-33)34-19-11-5-12-20-34;1-3-2/h2-30H,1H2;1-2H/q;+1. The van der Waals surface area contributed by atoms with Crippen LogP contribution < -0.4 is 4.91 Å². The monoisotopic (exact) mass is 590 g/mol. The number of benzene rings is 6. The summed E-state index contributed by atoms with van der Waals surface area (Å²) < 4.78 is 0. The molecule has 0 fully saturated rings. The van der Waals surface area contributed by atoms with Gasteiger partial charge in [0.25, 0.3) is 0 Å². The van der Waals surface area contributed by atoms with Gasteiger partial charge in [-0.05, 0) is 51.1 Å². The predicted octanol–water partition coefficient (Wildman–Crippen LogP) is 10.5. The van der Waals surface area contributed by atoms with Crippen molar-refractivity contribution in [2.45, 2.75) is 10.8 Å². The van der Waals surface area contributed by atoms with E-state index in [1.807, 2.05) is 23.1 Å². The summed E-state index contributed by atoms with van der Waals surface area (Å²) in [6.07, 6.45) is 1.90. The molecule has 3 nitrogen and oxygen atoms in total. The number of halogens is 1. The van der Waals surface area contributed by atoms with E-state index in [4.69, 9.17) is 22.7 Å². The van der Waals surface area contributed by atoms with Crippen molar-refractivity contribution in [1.82, 2.24) is 4.91 Å². The average molecular weight is 591 g/mol. The number of rotatable bonds is 8. The lowest BCUT2D eigenvalue weighted by molar-refractivity contribution is 0.419. The van der Waals surface area contributed by atoms with Crippen molar-refractivity contribution in [3.63, 3.8) is 0 Å². The van der Waals surface area contributed by atoms with Gasteiger partial charge in [0.15, 0.2) is 0 Å². The highest BCUT2D eigenvalue weighted by Gasteiger charge is 2.57. The molecule has 0 bridgehead atoms. The van der Waals surface area contributed by atoms with Crippen molar-refractivity contribution in [3.05, 3.63) is 220 Å². The van der Waals surface area contributed by atoms with Gasteiger partial charge in [-0.25, -0.2) is 0 Å². The van der Waals surface area contributed by atoms with Crippen LogP contribution in [0, 0.1) is 11.1 Å². The van der Waals surface area contributed by atoms with Gasteiger partial charge in [0.2, 0.25) is 4.91 Å².